The quantitative estimate of drug-likeness (QED) is 0.886. The van der Waals surface area contributed by atoms with E-state index < -0.39 is 0 Å². The zero-order valence-electron chi connectivity index (χ0n) is 10.2. The highest BCUT2D eigenvalue weighted by atomic mass is 16.6. The zero-order chi connectivity index (χ0) is 13.2. The molecule has 0 radical (unpaired) electrons. The fourth-order valence-electron chi connectivity index (χ4n) is 1.82. The summed E-state index contributed by atoms with van der Waals surface area (Å²) in [6.45, 7) is 0.339. The van der Waals surface area contributed by atoms with Crippen molar-refractivity contribution in [2.75, 3.05) is 13.7 Å². The minimum atomic E-state index is -0.275. The summed E-state index contributed by atoms with van der Waals surface area (Å²) < 4.78 is 16.2. The highest BCUT2D eigenvalue weighted by molar-refractivity contribution is 5.40. The molecule has 1 aliphatic rings. The van der Waals surface area contributed by atoms with Gasteiger partial charge in [0, 0.05) is 23.9 Å². The van der Waals surface area contributed by atoms with Crippen molar-refractivity contribution in [2.45, 2.75) is 6.10 Å². The number of rotatable bonds is 2. The van der Waals surface area contributed by atoms with Gasteiger partial charge in [-0.3, -0.25) is 0 Å². The second-order valence-electron chi connectivity index (χ2n) is 4.05. The predicted octanol–water partition coefficient (Wildman–Crippen LogP) is 1.70. The SMILES string of the molecule is COc1ccc(C2COc3cc(O)cnc3O2)cn1. The summed E-state index contributed by atoms with van der Waals surface area (Å²) in [6, 6.07) is 5.11. The monoisotopic (exact) mass is 260 g/mol. The van der Waals surface area contributed by atoms with Crippen LogP contribution in [0.1, 0.15) is 11.7 Å². The molecule has 0 amide bonds. The number of aromatic hydroxyl groups is 1. The van der Waals surface area contributed by atoms with Gasteiger partial charge in [-0.25, -0.2) is 9.97 Å². The Labute approximate surface area is 109 Å². The lowest BCUT2D eigenvalue weighted by atomic mass is 10.1. The van der Waals surface area contributed by atoms with Gasteiger partial charge >= 0.3 is 0 Å². The summed E-state index contributed by atoms with van der Waals surface area (Å²) in [5.74, 6) is 1.40. The molecule has 98 valence electrons. The smallest absolute Gasteiger partial charge is 0.258 e. The van der Waals surface area contributed by atoms with Gasteiger partial charge in [-0.2, -0.15) is 0 Å². The number of hydrogen-bond donors (Lipinski definition) is 1. The molecule has 1 atom stereocenters. The number of nitrogens with zero attached hydrogens (tertiary/aromatic N) is 2. The van der Waals surface area contributed by atoms with Crippen LogP contribution in [0.2, 0.25) is 0 Å². The van der Waals surface area contributed by atoms with E-state index in [-0.39, 0.29) is 11.9 Å². The topological polar surface area (TPSA) is 73.7 Å². The van der Waals surface area contributed by atoms with Crippen molar-refractivity contribution in [2.24, 2.45) is 0 Å². The lowest BCUT2D eigenvalue weighted by Crippen LogP contribution is -2.22. The van der Waals surface area contributed by atoms with Crippen LogP contribution in [-0.2, 0) is 0 Å². The van der Waals surface area contributed by atoms with Crippen molar-refractivity contribution in [1.29, 1.82) is 0 Å². The summed E-state index contributed by atoms with van der Waals surface area (Å²) in [7, 11) is 1.56. The molecule has 3 heterocycles. The molecule has 1 unspecified atom stereocenters. The summed E-state index contributed by atoms with van der Waals surface area (Å²) in [5.41, 5.74) is 0.876. The van der Waals surface area contributed by atoms with Gasteiger partial charge in [0.05, 0.1) is 13.3 Å². The Morgan fingerprint density at radius 3 is 2.95 bits per heavy atom. The molecule has 1 aliphatic heterocycles. The van der Waals surface area contributed by atoms with Gasteiger partial charge in [0.15, 0.2) is 11.9 Å². The fourth-order valence-corrected chi connectivity index (χ4v) is 1.82. The molecule has 2 aromatic rings. The van der Waals surface area contributed by atoms with Crippen LogP contribution in [0.3, 0.4) is 0 Å². The van der Waals surface area contributed by atoms with Gasteiger partial charge in [0.2, 0.25) is 5.88 Å². The third kappa shape index (κ3) is 2.24. The summed E-state index contributed by atoms with van der Waals surface area (Å²) in [4.78, 5) is 8.11. The molecular formula is C13H12N2O4. The highest BCUT2D eigenvalue weighted by Crippen LogP contribution is 2.36. The average Bonchev–Trinajstić information content (AvgIpc) is 2.47. The Hall–Kier alpha value is -2.50. The Balaban J connectivity index is 1.82. The van der Waals surface area contributed by atoms with Crippen LogP contribution in [0.4, 0.5) is 0 Å². The summed E-state index contributed by atoms with van der Waals surface area (Å²) in [6.07, 6.45) is 2.72. The summed E-state index contributed by atoms with van der Waals surface area (Å²) in [5, 5.41) is 9.31. The molecule has 19 heavy (non-hydrogen) atoms. The van der Waals surface area contributed by atoms with Crippen molar-refractivity contribution in [3.8, 4) is 23.3 Å². The van der Waals surface area contributed by atoms with Gasteiger partial charge in [0.25, 0.3) is 5.88 Å². The van der Waals surface area contributed by atoms with Crippen LogP contribution >= 0.6 is 0 Å². The van der Waals surface area contributed by atoms with Crippen LogP contribution in [-0.4, -0.2) is 28.8 Å². The van der Waals surface area contributed by atoms with E-state index in [1.54, 1.807) is 19.4 Å². The van der Waals surface area contributed by atoms with Gasteiger partial charge in [-0.05, 0) is 6.07 Å². The molecule has 0 fully saturated rings. The first-order chi connectivity index (χ1) is 9.26. The van der Waals surface area contributed by atoms with Crippen LogP contribution in [0.5, 0.6) is 23.3 Å². The maximum atomic E-state index is 9.31. The molecule has 2 aromatic heterocycles. The van der Waals surface area contributed by atoms with Crippen molar-refractivity contribution in [3.63, 3.8) is 0 Å². The van der Waals surface area contributed by atoms with E-state index >= 15 is 0 Å². The number of pyridine rings is 2. The lowest BCUT2D eigenvalue weighted by Gasteiger charge is -2.25. The molecular weight excluding hydrogens is 248 g/mol. The van der Waals surface area contributed by atoms with Crippen LogP contribution in [0, 0.1) is 0 Å². The minimum Gasteiger partial charge on any atom is -0.506 e. The first-order valence-corrected chi connectivity index (χ1v) is 5.74. The van der Waals surface area contributed by atoms with Crippen molar-refractivity contribution >= 4 is 0 Å². The molecule has 3 rings (SSSR count). The Morgan fingerprint density at radius 2 is 2.21 bits per heavy atom. The van der Waals surface area contributed by atoms with E-state index in [0.717, 1.165) is 5.56 Å². The molecule has 6 heteroatoms. The van der Waals surface area contributed by atoms with Crippen molar-refractivity contribution < 1.29 is 19.3 Å². The average molecular weight is 260 g/mol. The molecule has 0 saturated carbocycles. The van der Waals surface area contributed by atoms with Gasteiger partial charge in [-0.15, -0.1) is 0 Å². The largest absolute Gasteiger partial charge is 0.506 e. The van der Waals surface area contributed by atoms with Crippen molar-refractivity contribution in [3.05, 3.63) is 36.2 Å². The second kappa shape index (κ2) is 4.64. The fraction of sp³-hybridized carbons (Fsp3) is 0.231. The van der Waals surface area contributed by atoms with Crippen LogP contribution in [0.25, 0.3) is 0 Å². The summed E-state index contributed by atoms with van der Waals surface area (Å²) >= 11 is 0. The Kier molecular flexibility index (Phi) is 2.83. The number of fused-ring (bicyclic) bond motifs is 1. The minimum absolute atomic E-state index is 0.0481. The van der Waals surface area contributed by atoms with E-state index in [9.17, 15) is 5.11 Å². The Bertz CT molecular complexity index is 586. The molecule has 1 N–H and O–H groups in total. The standard InChI is InChI=1S/C13H12N2O4/c1-17-12-3-2-8(5-14-12)11-7-18-10-4-9(16)6-15-13(10)19-11/h2-6,11,16H,7H2,1H3. The van der Waals surface area contributed by atoms with E-state index in [0.29, 0.717) is 24.1 Å². The number of aromatic nitrogens is 2. The van der Waals surface area contributed by atoms with E-state index in [1.807, 2.05) is 6.07 Å². The number of ether oxygens (including phenoxy) is 3. The molecule has 0 bridgehead atoms. The second-order valence-corrected chi connectivity index (χ2v) is 4.05. The van der Waals surface area contributed by atoms with Gasteiger partial charge in [-0.1, -0.05) is 0 Å². The maximum Gasteiger partial charge on any atom is 0.258 e. The van der Waals surface area contributed by atoms with Crippen molar-refractivity contribution in [1.82, 2.24) is 9.97 Å². The third-order valence-electron chi connectivity index (χ3n) is 2.79. The zero-order valence-corrected chi connectivity index (χ0v) is 10.2. The van der Waals surface area contributed by atoms with E-state index in [4.69, 9.17) is 14.2 Å². The number of methoxy groups -OCH3 is 1. The first kappa shape index (κ1) is 11.6. The Morgan fingerprint density at radius 1 is 1.32 bits per heavy atom. The number of hydrogen-bond acceptors (Lipinski definition) is 6. The van der Waals surface area contributed by atoms with E-state index in [2.05, 4.69) is 9.97 Å². The van der Waals surface area contributed by atoms with Gasteiger partial charge in [0.1, 0.15) is 12.4 Å². The third-order valence-corrected chi connectivity index (χ3v) is 2.79. The predicted molar refractivity (Wildman–Crippen MR) is 65.6 cm³/mol. The molecule has 0 aromatic carbocycles. The lowest BCUT2D eigenvalue weighted by molar-refractivity contribution is 0.0843. The molecule has 0 aliphatic carbocycles. The normalized spacial score (nSPS) is 17.0. The van der Waals surface area contributed by atoms with Gasteiger partial charge < -0.3 is 19.3 Å². The molecule has 0 saturated heterocycles. The highest BCUT2D eigenvalue weighted by Gasteiger charge is 2.24. The van der Waals surface area contributed by atoms with Crippen LogP contribution < -0.4 is 14.2 Å². The first-order valence-electron chi connectivity index (χ1n) is 5.74. The maximum absolute atomic E-state index is 9.31. The van der Waals surface area contributed by atoms with E-state index in [1.165, 1.54) is 12.3 Å². The van der Waals surface area contributed by atoms with Crippen LogP contribution in [0.15, 0.2) is 30.6 Å². The molecule has 6 nitrogen and oxygen atoms in total. The molecule has 0 spiro atoms.